The quantitative estimate of drug-likeness (QED) is 0.758. The number of benzene rings is 1. The van der Waals surface area contributed by atoms with E-state index in [1.165, 1.54) is 0 Å². The van der Waals surface area contributed by atoms with Crippen LogP contribution in [-0.4, -0.2) is 46.0 Å². The smallest absolute Gasteiger partial charge is 0.413 e. The number of carbonyl (C=O) groups is 2. The van der Waals surface area contributed by atoms with E-state index in [1.807, 2.05) is 41.3 Å². The van der Waals surface area contributed by atoms with Crippen LogP contribution < -0.4 is 5.32 Å². The Labute approximate surface area is 175 Å². The molecule has 2 aliphatic rings. The van der Waals surface area contributed by atoms with Crippen molar-refractivity contribution in [3.63, 3.8) is 0 Å². The van der Waals surface area contributed by atoms with Gasteiger partial charge in [0, 0.05) is 30.3 Å². The third-order valence-corrected chi connectivity index (χ3v) is 5.92. The molecule has 2 N–H and O–H groups in total. The van der Waals surface area contributed by atoms with Crippen LogP contribution in [0.5, 0.6) is 0 Å². The van der Waals surface area contributed by atoms with Gasteiger partial charge in [0.2, 0.25) is 0 Å². The third kappa shape index (κ3) is 4.93. The van der Waals surface area contributed by atoms with Gasteiger partial charge in [-0.25, -0.2) is 9.59 Å². The van der Waals surface area contributed by atoms with E-state index in [0.29, 0.717) is 5.82 Å². The number of ether oxygens (including phenoxy) is 2. The van der Waals surface area contributed by atoms with Gasteiger partial charge in [0.1, 0.15) is 12.7 Å². The molecule has 30 heavy (non-hydrogen) atoms. The number of nitrogens with zero attached hydrogens (tertiary/aromatic N) is 2. The molecule has 2 fully saturated rings. The summed E-state index contributed by atoms with van der Waals surface area (Å²) in [6.07, 6.45) is 3.77. The maximum Gasteiger partial charge on any atom is 0.413 e. The molecule has 1 saturated carbocycles. The molecule has 2 heterocycles. The molecule has 1 saturated heterocycles. The minimum absolute atomic E-state index is 0.0779. The lowest BCUT2D eigenvalue weighted by atomic mass is 10.0. The van der Waals surface area contributed by atoms with Crippen molar-refractivity contribution in [1.82, 2.24) is 15.1 Å². The Morgan fingerprint density at radius 3 is 2.83 bits per heavy atom. The number of likely N-dealkylation sites (tertiary alicyclic amines) is 1. The Morgan fingerprint density at radius 1 is 1.23 bits per heavy atom. The number of anilines is 1. The van der Waals surface area contributed by atoms with E-state index < -0.39 is 6.09 Å². The van der Waals surface area contributed by atoms with E-state index in [4.69, 9.17) is 9.47 Å². The van der Waals surface area contributed by atoms with Crippen molar-refractivity contribution in [1.29, 1.82) is 0 Å². The van der Waals surface area contributed by atoms with Crippen LogP contribution in [0.1, 0.15) is 56.2 Å². The van der Waals surface area contributed by atoms with Gasteiger partial charge in [-0.05, 0) is 44.6 Å². The standard InChI is InChI=1S/C22H28N4O4/c1-15-6-5-11-26(15)22(28)30-18-10-9-17(12-18)19-13-20(25-24-19)23-21(27)29-14-16-7-3-2-4-8-16/h2-4,7-8,13,15,17-18H,5-6,9-12,14H2,1H3,(H2,23,24,25,27)/t15-,17-,18+/m0/s1. The number of nitrogens with one attached hydrogen (secondary N) is 2. The van der Waals surface area contributed by atoms with Crippen molar-refractivity contribution >= 4 is 18.0 Å². The zero-order valence-corrected chi connectivity index (χ0v) is 17.2. The second-order valence-electron chi connectivity index (χ2n) is 8.10. The monoisotopic (exact) mass is 412 g/mol. The summed E-state index contributed by atoms with van der Waals surface area (Å²) >= 11 is 0. The Bertz CT molecular complexity index is 869. The van der Waals surface area contributed by atoms with E-state index in [1.54, 1.807) is 0 Å². The first-order valence-electron chi connectivity index (χ1n) is 10.6. The number of amides is 2. The highest BCUT2D eigenvalue weighted by molar-refractivity contribution is 5.83. The largest absolute Gasteiger partial charge is 0.446 e. The molecule has 1 aliphatic heterocycles. The van der Waals surface area contributed by atoms with Crippen LogP contribution in [0.25, 0.3) is 0 Å². The molecule has 0 radical (unpaired) electrons. The Morgan fingerprint density at radius 2 is 2.07 bits per heavy atom. The van der Waals surface area contributed by atoms with Crippen molar-refractivity contribution in [3.8, 4) is 0 Å². The van der Waals surface area contributed by atoms with Gasteiger partial charge in [0.05, 0.1) is 0 Å². The highest BCUT2D eigenvalue weighted by Gasteiger charge is 2.33. The number of aromatic amines is 1. The van der Waals surface area contributed by atoms with Gasteiger partial charge < -0.3 is 14.4 Å². The van der Waals surface area contributed by atoms with Crippen LogP contribution in [0.4, 0.5) is 15.4 Å². The van der Waals surface area contributed by atoms with Crippen LogP contribution in [-0.2, 0) is 16.1 Å². The van der Waals surface area contributed by atoms with Gasteiger partial charge in [0.15, 0.2) is 5.82 Å². The predicted molar refractivity (Wildman–Crippen MR) is 111 cm³/mol. The molecule has 1 aromatic heterocycles. The summed E-state index contributed by atoms with van der Waals surface area (Å²) in [6, 6.07) is 11.6. The molecule has 160 valence electrons. The van der Waals surface area contributed by atoms with Gasteiger partial charge in [-0.3, -0.25) is 10.4 Å². The van der Waals surface area contributed by atoms with E-state index in [-0.39, 0.29) is 30.8 Å². The van der Waals surface area contributed by atoms with Crippen molar-refractivity contribution in [2.24, 2.45) is 0 Å². The third-order valence-electron chi connectivity index (χ3n) is 5.92. The normalized spacial score (nSPS) is 23.4. The zero-order valence-electron chi connectivity index (χ0n) is 17.2. The summed E-state index contributed by atoms with van der Waals surface area (Å²) in [5.41, 5.74) is 1.85. The fraction of sp³-hybridized carbons (Fsp3) is 0.500. The Balaban J connectivity index is 1.24. The molecular weight excluding hydrogens is 384 g/mol. The number of hydrogen-bond donors (Lipinski definition) is 2. The molecule has 1 aliphatic carbocycles. The minimum Gasteiger partial charge on any atom is -0.446 e. The molecule has 0 unspecified atom stereocenters. The molecule has 0 bridgehead atoms. The molecule has 2 aromatic rings. The second-order valence-corrected chi connectivity index (χ2v) is 8.10. The molecule has 3 atom stereocenters. The summed E-state index contributed by atoms with van der Waals surface area (Å²) in [5, 5.41) is 9.80. The fourth-order valence-electron chi connectivity index (χ4n) is 4.22. The number of rotatable bonds is 5. The summed E-state index contributed by atoms with van der Waals surface area (Å²) in [6.45, 7) is 3.05. The van der Waals surface area contributed by atoms with Crippen molar-refractivity contribution in [2.75, 3.05) is 11.9 Å². The van der Waals surface area contributed by atoms with Gasteiger partial charge in [-0.2, -0.15) is 5.10 Å². The maximum atomic E-state index is 12.4. The van der Waals surface area contributed by atoms with Gasteiger partial charge in [-0.15, -0.1) is 0 Å². The van der Waals surface area contributed by atoms with Crippen molar-refractivity contribution < 1.29 is 19.1 Å². The second kappa shape index (κ2) is 9.19. The van der Waals surface area contributed by atoms with Crippen molar-refractivity contribution in [2.45, 2.75) is 63.7 Å². The lowest BCUT2D eigenvalue weighted by Gasteiger charge is -2.23. The highest BCUT2D eigenvalue weighted by atomic mass is 16.6. The molecule has 4 rings (SSSR count). The van der Waals surface area contributed by atoms with E-state index >= 15 is 0 Å². The summed E-state index contributed by atoms with van der Waals surface area (Å²) in [4.78, 5) is 26.2. The molecule has 8 heteroatoms. The van der Waals surface area contributed by atoms with Crippen LogP contribution in [0.3, 0.4) is 0 Å². The first-order chi connectivity index (χ1) is 14.6. The van der Waals surface area contributed by atoms with Crippen LogP contribution in [0.15, 0.2) is 36.4 Å². The summed E-state index contributed by atoms with van der Waals surface area (Å²) < 4.78 is 10.9. The van der Waals surface area contributed by atoms with Gasteiger partial charge >= 0.3 is 12.2 Å². The molecular formula is C22H28N4O4. The van der Waals surface area contributed by atoms with E-state index in [0.717, 1.165) is 49.9 Å². The number of hydrogen-bond acceptors (Lipinski definition) is 5. The first-order valence-corrected chi connectivity index (χ1v) is 10.6. The average Bonchev–Trinajstić information content (AvgIpc) is 3.48. The Hall–Kier alpha value is -3.03. The average molecular weight is 412 g/mol. The first kappa shape index (κ1) is 20.3. The van der Waals surface area contributed by atoms with Crippen molar-refractivity contribution in [3.05, 3.63) is 47.7 Å². The number of H-pyrrole nitrogens is 1. The lowest BCUT2D eigenvalue weighted by molar-refractivity contribution is 0.0633. The topological polar surface area (TPSA) is 96.6 Å². The van der Waals surface area contributed by atoms with Crippen LogP contribution >= 0.6 is 0 Å². The number of carbonyl (C=O) groups excluding carboxylic acids is 2. The number of aromatic nitrogens is 2. The summed E-state index contributed by atoms with van der Waals surface area (Å²) in [5.74, 6) is 0.650. The summed E-state index contributed by atoms with van der Waals surface area (Å²) in [7, 11) is 0. The lowest BCUT2D eigenvalue weighted by Crippen LogP contribution is -2.36. The van der Waals surface area contributed by atoms with E-state index in [2.05, 4.69) is 22.4 Å². The molecule has 0 spiro atoms. The minimum atomic E-state index is -0.546. The van der Waals surface area contributed by atoms with Gasteiger partial charge in [-0.1, -0.05) is 30.3 Å². The molecule has 1 aromatic carbocycles. The Kier molecular flexibility index (Phi) is 6.21. The fourth-order valence-corrected chi connectivity index (χ4v) is 4.22. The van der Waals surface area contributed by atoms with Crippen LogP contribution in [0, 0.1) is 0 Å². The van der Waals surface area contributed by atoms with E-state index in [9.17, 15) is 9.59 Å². The zero-order chi connectivity index (χ0) is 20.9. The molecule has 2 amide bonds. The maximum absolute atomic E-state index is 12.4. The molecule has 8 nitrogen and oxygen atoms in total. The van der Waals surface area contributed by atoms with Crippen LogP contribution in [0.2, 0.25) is 0 Å². The highest BCUT2D eigenvalue weighted by Crippen LogP contribution is 2.36. The SMILES string of the molecule is C[C@H]1CCCN1C(=O)O[C@@H]1CC[C@H](c2cc(NC(=O)OCc3ccccc3)n[nH]2)C1. The predicted octanol–water partition coefficient (Wildman–Crippen LogP) is 4.42. The van der Waals surface area contributed by atoms with Gasteiger partial charge in [0.25, 0.3) is 0 Å².